The molecule has 2 aromatic carbocycles. The van der Waals surface area contributed by atoms with Gasteiger partial charge in [-0.25, -0.2) is 0 Å². The van der Waals surface area contributed by atoms with Crippen molar-refractivity contribution in [3.8, 4) is 11.1 Å². The number of thioether (sulfide) groups is 1. The second-order valence-corrected chi connectivity index (χ2v) is 10.7. The van der Waals surface area contributed by atoms with Crippen LogP contribution in [0.2, 0.25) is 0 Å². The number of likely N-dealkylation sites (N-methyl/N-ethyl adjacent to an activating group) is 1. The van der Waals surface area contributed by atoms with Crippen LogP contribution in [0.3, 0.4) is 0 Å². The molecule has 35 heavy (non-hydrogen) atoms. The molecule has 188 valence electrons. The number of nitrogens with zero attached hydrogens (tertiary/aromatic N) is 1. The Labute approximate surface area is 211 Å². The van der Waals surface area contributed by atoms with Crippen molar-refractivity contribution in [1.82, 2.24) is 10.2 Å². The zero-order chi connectivity index (χ0) is 25.6. The maximum atomic E-state index is 12.6. The van der Waals surface area contributed by atoms with Gasteiger partial charge in [-0.15, -0.1) is 11.8 Å². The van der Waals surface area contributed by atoms with E-state index in [0.29, 0.717) is 5.75 Å². The SMILES string of the molecule is CN(C)C(=O)[C@H](CSCC(=O)OC(C)(C)C)NCC(=O)OCC1c2ccccc2-c2ccccc21. The molecule has 0 saturated carbocycles. The summed E-state index contributed by atoms with van der Waals surface area (Å²) in [5, 5.41) is 3.00. The van der Waals surface area contributed by atoms with Gasteiger partial charge >= 0.3 is 11.9 Å². The number of carbonyl (C=O) groups excluding carboxylic acids is 3. The maximum Gasteiger partial charge on any atom is 0.319 e. The molecule has 1 N–H and O–H groups in total. The largest absolute Gasteiger partial charge is 0.464 e. The molecule has 2 aromatic rings. The first kappa shape index (κ1) is 26.8. The zero-order valence-corrected chi connectivity index (χ0v) is 21.8. The highest BCUT2D eigenvalue weighted by Gasteiger charge is 2.29. The zero-order valence-electron chi connectivity index (χ0n) is 21.0. The lowest BCUT2D eigenvalue weighted by atomic mass is 9.98. The summed E-state index contributed by atoms with van der Waals surface area (Å²) in [4.78, 5) is 38.6. The number of rotatable bonds is 10. The summed E-state index contributed by atoms with van der Waals surface area (Å²) < 4.78 is 10.9. The van der Waals surface area contributed by atoms with Gasteiger partial charge in [-0.3, -0.25) is 19.7 Å². The molecule has 3 rings (SSSR count). The second kappa shape index (κ2) is 11.7. The number of fused-ring (bicyclic) bond motifs is 3. The van der Waals surface area contributed by atoms with Gasteiger partial charge in [0.25, 0.3) is 0 Å². The predicted molar refractivity (Wildman–Crippen MR) is 138 cm³/mol. The molecule has 1 aliphatic carbocycles. The van der Waals surface area contributed by atoms with Crippen LogP contribution < -0.4 is 5.32 Å². The van der Waals surface area contributed by atoms with Crippen molar-refractivity contribution < 1.29 is 23.9 Å². The van der Waals surface area contributed by atoms with Gasteiger partial charge in [0.2, 0.25) is 5.91 Å². The molecule has 0 fully saturated rings. The molecule has 0 radical (unpaired) electrons. The van der Waals surface area contributed by atoms with Gasteiger partial charge in [0.1, 0.15) is 12.2 Å². The van der Waals surface area contributed by atoms with E-state index in [1.807, 2.05) is 45.0 Å². The minimum atomic E-state index is -0.627. The molecule has 1 amide bonds. The highest BCUT2D eigenvalue weighted by molar-refractivity contribution is 8.00. The maximum absolute atomic E-state index is 12.6. The molecule has 1 atom stereocenters. The van der Waals surface area contributed by atoms with E-state index < -0.39 is 17.6 Å². The van der Waals surface area contributed by atoms with Crippen molar-refractivity contribution in [3.05, 3.63) is 59.7 Å². The van der Waals surface area contributed by atoms with E-state index >= 15 is 0 Å². The van der Waals surface area contributed by atoms with Crippen molar-refractivity contribution >= 4 is 29.6 Å². The summed E-state index contributed by atoms with van der Waals surface area (Å²) in [6.07, 6.45) is 0. The fourth-order valence-corrected chi connectivity index (χ4v) is 4.87. The minimum Gasteiger partial charge on any atom is -0.464 e. The lowest BCUT2D eigenvalue weighted by molar-refractivity contribution is -0.151. The molecule has 0 saturated heterocycles. The van der Waals surface area contributed by atoms with E-state index in [4.69, 9.17) is 9.47 Å². The Morgan fingerprint density at radius 3 is 2.09 bits per heavy atom. The van der Waals surface area contributed by atoms with E-state index in [1.54, 1.807) is 14.1 Å². The summed E-state index contributed by atoms with van der Waals surface area (Å²) in [5.74, 6) is -0.507. The number of esters is 2. The topological polar surface area (TPSA) is 84.9 Å². The van der Waals surface area contributed by atoms with Crippen molar-refractivity contribution in [1.29, 1.82) is 0 Å². The highest BCUT2D eigenvalue weighted by atomic mass is 32.2. The van der Waals surface area contributed by atoms with E-state index in [0.717, 1.165) is 11.1 Å². The van der Waals surface area contributed by atoms with Gasteiger partial charge in [-0.2, -0.15) is 0 Å². The van der Waals surface area contributed by atoms with Crippen molar-refractivity contribution in [3.63, 3.8) is 0 Å². The molecule has 7 nitrogen and oxygen atoms in total. The Balaban J connectivity index is 1.53. The third-order valence-electron chi connectivity index (χ3n) is 5.53. The molecule has 0 bridgehead atoms. The number of amides is 1. The predicted octanol–water partition coefficient (Wildman–Crippen LogP) is 3.46. The standard InChI is InChI=1S/C27H34N2O5S/c1-27(2,3)34-25(31)17-35-16-23(26(32)29(4)5)28-14-24(30)33-15-22-20-12-8-6-10-18(20)19-11-7-9-13-21(19)22/h6-13,22-23,28H,14-17H2,1-5H3/t23-/m0/s1. The van der Waals surface area contributed by atoms with Crippen molar-refractivity contribution in [2.24, 2.45) is 0 Å². The quantitative estimate of drug-likeness (QED) is 0.502. The summed E-state index contributed by atoms with van der Waals surface area (Å²) in [6.45, 7) is 5.55. The summed E-state index contributed by atoms with van der Waals surface area (Å²) in [7, 11) is 3.31. The van der Waals surface area contributed by atoms with E-state index in [-0.39, 0.29) is 36.7 Å². The number of nitrogens with one attached hydrogen (secondary N) is 1. The van der Waals surface area contributed by atoms with Gasteiger partial charge < -0.3 is 14.4 Å². The lowest BCUT2D eigenvalue weighted by Crippen LogP contribution is -2.47. The number of carbonyl (C=O) groups is 3. The molecular formula is C27H34N2O5S. The Morgan fingerprint density at radius 1 is 0.971 bits per heavy atom. The third-order valence-corrected chi connectivity index (χ3v) is 6.54. The van der Waals surface area contributed by atoms with Gasteiger partial charge in [0, 0.05) is 25.8 Å². The van der Waals surface area contributed by atoms with Gasteiger partial charge in [-0.1, -0.05) is 48.5 Å². The van der Waals surface area contributed by atoms with Crippen LogP contribution in [0.1, 0.15) is 37.8 Å². The van der Waals surface area contributed by atoms with Crippen LogP contribution in [0.25, 0.3) is 11.1 Å². The monoisotopic (exact) mass is 498 g/mol. The first-order chi connectivity index (χ1) is 16.6. The van der Waals surface area contributed by atoms with Gasteiger partial charge in [0.15, 0.2) is 0 Å². The molecule has 1 aliphatic rings. The van der Waals surface area contributed by atoms with Crippen LogP contribution in [0.4, 0.5) is 0 Å². The first-order valence-corrected chi connectivity index (χ1v) is 12.8. The van der Waals surface area contributed by atoms with Crippen LogP contribution in [0.15, 0.2) is 48.5 Å². The normalized spacial score (nSPS) is 13.5. The average Bonchev–Trinajstić information content (AvgIpc) is 3.12. The average molecular weight is 499 g/mol. The fraction of sp³-hybridized carbons (Fsp3) is 0.444. The molecular weight excluding hydrogens is 464 g/mol. The van der Waals surface area contributed by atoms with E-state index in [1.165, 1.54) is 27.8 Å². The van der Waals surface area contributed by atoms with Crippen LogP contribution in [-0.4, -0.2) is 73.1 Å². The highest BCUT2D eigenvalue weighted by Crippen LogP contribution is 2.44. The van der Waals surface area contributed by atoms with E-state index in [2.05, 4.69) is 29.6 Å². The number of ether oxygens (including phenoxy) is 2. The Bertz CT molecular complexity index is 1020. The number of hydrogen-bond donors (Lipinski definition) is 1. The Kier molecular flexibility index (Phi) is 8.97. The number of benzene rings is 2. The molecule has 0 spiro atoms. The first-order valence-electron chi connectivity index (χ1n) is 11.6. The van der Waals surface area contributed by atoms with Crippen LogP contribution in [-0.2, 0) is 23.9 Å². The fourth-order valence-electron chi connectivity index (χ4n) is 4.03. The Morgan fingerprint density at radius 2 is 1.54 bits per heavy atom. The summed E-state index contributed by atoms with van der Waals surface area (Å²) in [6, 6.07) is 15.7. The minimum absolute atomic E-state index is 0.0186. The summed E-state index contributed by atoms with van der Waals surface area (Å²) in [5.41, 5.74) is 4.07. The van der Waals surface area contributed by atoms with Crippen molar-refractivity contribution in [2.75, 3.05) is 38.8 Å². The summed E-state index contributed by atoms with van der Waals surface area (Å²) >= 11 is 1.29. The third kappa shape index (κ3) is 7.32. The van der Waals surface area contributed by atoms with Crippen molar-refractivity contribution in [2.45, 2.75) is 38.3 Å². The van der Waals surface area contributed by atoms with Crippen LogP contribution >= 0.6 is 11.8 Å². The molecule has 0 aromatic heterocycles. The second-order valence-electron chi connectivity index (χ2n) is 9.68. The molecule has 0 heterocycles. The molecule has 8 heteroatoms. The van der Waals surface area contributed by atoms with Crippen LogP contribution in [0, 0.1) is 0 Å². The van der Waals surface area contributed by atoms with E-state index in [9.17, 15) is 14.4 Å². The molecule has 0 aliphatic heterocycles. The number of hydrogen-bond acceptors (Lipinski definition) is 7. The van der Waals surface area contributed by atoms with Gasteiger partial charge in [-0.05, 0) is 43.0 Å². The smallest absolute Gasteiger partial charge is 0.319 e. The Hall–Kier alpha value is -2.84. The van der Waals surface area contributed by atoms with Gasteiger partial charge in [0.05, 0.1) is 18.3 Å². The lowest BCUT2D eigenvalue weighted by Gasteiger charge is -2.22. The van der Waals surface area contributed by atoms with Crippen LogP contribution in [0.5, 0.6) is 0 Å². The molecule has 0 unspecified atom stereocenters.